The average Bonchev–Trinajstić information content (AvgIpc) is 3.22. The van der Waals surface area contributed by atoms with Crippen molar-refractivity contribution in [1.29, 1.82) is 0 Å². The molecule has 0 aliphatic carbocycles. The Labute approximate surface area is 182 Å². The molecule has 4 aromatic rings. The Morgan fingerprint density at radius 1 is 0.938 bits per heavy atom. The summed E-state index contributed by atoms with van der Waals surface area (Å²) in [4.78, 5) is 6.69. The lowest BCUT2D eigenvalue weighted by Gasteiger charge is -2.30. The van der Waals surface area contributed by atoms with Crippen molar-refractivity contribution >= 4 is 28.2 Å². The molecule has 0 amide bonds. The predicted octanol–water partition coefficient (Wildman–Crippen LogP) is 4.80. The maximum absolute atomic E-state index is 13.7. The van der Waals surface area contributed by atoms with Gasteiger partial charge < -0.3 is 15.5 Å². The molecule has 0 spiro atoms. The Bertz CT molecular complexity index is 1240. The molecule has 0 bridgehead atoms. The van der Waals surface area contributed by atoms with E-state index in [9.17, 15) is 13.2 Å². The number of nitrogens with zero attached hydrogens (tertiary/aromatic N) is 3. The second kappa shape index (κ2) is 8.16. The number of hydrogen-bond acceptors (Lipinski definition) is 5. The summed E-state index contributed by atoms with van der Waals surface area (Å²) in [5.74, 6) is 1.01. The van der Waals surface area contributed by atoms with Crippen molar-refractivity contribution in [3.05, 3.63) is 66.2 Å². The van der Waals surface area contributed by atoms with Crippen LogP contribution in [0.15, 0.2) is 60.7 Å². The number of para-hydroxylation sites is 1. The van der Waals surface area contributed by atoms with E-state index in [1.54, 1.807) is 12.1 Å². The van der Waals surface area contributed by atoms with E-state index in [1.165, 1.54) is 12.1 Å². The zero-order chi connectivity index (χ0) is 22.1. The smallest absolute Gasteiger partial charge is 0.369 e. The third-order valence-electron chi connectivity index (χ3n) is 5.52. The van der Waals surface area contributed by atoms with E-state index in [1.807, 2.05) is 30.3 Å². The van der Waals surface area contributed by atoms with Crippen LogP contribution in [0.2, 0.25) is 0 Å². The summed E-state index contributed by atoms with van der Waals surface area (Å²) in [6, 6.07) is 16.7. The molecule has 9 heteroatoms. The molecule has 164 valence electrons. The Morgan fingerprint density at radius 3 is 2.50 bits per heavy atom. The standard InChI is InChI=1S/C23H21F3N6/c24-23(25,26)18-7-3-1-5-16(18)20-13-15(32-11-9-27-10-12-32)14-21(28-20)29-22-17-6-2-4-8-19(17)30-31-22/h1-8,13-14,27H,9-12H2,(H2,28,29,30,31). The van der Waals surface area contributed by atoms with E-state index >= 15 is 0 Å². The summed E-state index contributed by atoms with van der Waals surface area (Å²) in [6.07, 6.45) is -4.48. The molecule has 0 radical (unpaired) electrons. The van der Waals surface area contributed by atoms with E-state index in [0.29, 0.717) is 11.6 Å². The first kappa shape index (κ1) is 20.3. The van der Waals surface area contributed by atoms with Crippen molar-refractivity contribution in [2.75, 3.05) is 36.4 Å². The first-order chi connectivity index (χ1) is 15.5. The molecule has 0 saturated carbocycles. The molecule has 5 rings (SSSR count). The zero-order valence-corrected chi connectivity index (χ0v) is 17.1. The van der Waals surface area contributed by atoms with Crippen molar-refractivity contribution in [3.8, 4) is 11.3 Å². The number of halogens is 3. The van der Waals surface area contributed by atoms with Gasteiger partial charge in [0, 0.05) is 48.9 Å². The van der Waals surface area contributed by atoms with E-state index < -0.39 is 11.7 Å². The van der Waals surface area contributed by atoms with Gasteiger partial charge in [-0.05, 0) is 24.3 Å². The topological polar surface area (TPSA) is 68.9 Å². The van der Waals surface area contributed by atoms with Crippen LogP contribution in [0.4, 0.5) is 30.5 Å². The van der Waals surface area contributed by atoms with Crippen LogP contribution in [0, 0.1) is 0 Å². The molecule has 32 heavy (non-hydrogen) atoms. The van der Waals surface area contributed by atoms with Crippen LogP contribution in [-0.4, -0.2) is 41.4 Å². The molecule has 3 heterocycles. The van der Waals surface area contributed by atoms with E-state index in [0.717, 1.165) is 48.8 Å². The summed E-state index contributed by atoms with van der Waals surface area (Å²) in [6.45, 7) is 3.14. The van der Waals surface area contributed by atoms with Crippen LogP contribution in [-0.2, 0) is 6.18 Å². The molecule has 1 fully saturated rings. The Balaban J connectivity index is 1.61. The predicted molar refractivity (Wildman–Crippen MR) is 119 cm³/mol. The number of benzene rings is 2. The van der Waals surface area contributed by atoms with E-state index in [-0.39, 0.29) is 11.3 Å². The second-order valence-electron chi connectivity index (χ2n) is 7.62. The van der Waals surface area contributed by atoms with Crippen molar-refractivity contribution in [3.63, 3.8) is 0 Å². The van der Waals surface area contributed by atoms with E-state index in [4.69, 9.17) is 0 Å². The quantitative estimate of drug-likeness (QED) is 0.427. The van der Waals surface area contributed by atoms with Gasteiger partial charge >= 0.3 is 6.18 Å². The number of aromatic amines is 1. The summed E-state index contributed by atoms with van der Waals surface area (Å²) in [5.41, 5.74) is 1.27. The first-order valence-electron chi connectivity index (χ1n) is 10.3. The number of pyridine rings is 1. The number of hydrogen-bond donors (Lipinski definition) is 3. The minimum Gasteiger partial charge on any atom is -0.369 e. The minimum absolute atomic E-state index is 0.0481. The molecule has 2 aromatic carbocycles. The van der Waals surface area contributed by atoms with Gasteiger partial charge in [-0.25, -0.2) is 4.98 Å². The van der Waals surface area contributed by atoms with Gasteiger partial charge in [0.25, 0.3) is 0 Å². The number of anilines is 3. The molecule has 0 atom stereocenters. The molecule has 2 aromatic heterocycles. The SMILES string of the molecule is FC(F)(F)c1ccccc1-c1cc(N2CCNCC2)cc(Nc2n[nH]c3ccccc23)n1. The fraction of sp³-hybridized carbons (Fsp3) is 0.217. The number of alkyl halides is 3. The Kier molecular flexibility index (Phi) is 5.18. The summed E-state index contributed by atoms with van der Waals surface area (Å²) in [7, 11) is 0. The van der Waals surface area contributed by atoms with Gasteiger partial charge in [-0.1, -0.05) is 30.3 Å². The van der Waals surface area contributed by atoms with Crippen molar-refractivity contribution in [2.45, 2.75) is 6.18 Å². The molecule has 6 nitrogen and oxygen atoms in total. The highest BCUT2D eigenvalue weighted by atomic mass is 19.4. The number of aromatic nitrogens is 3. The molecule has 3 N–H and O–H groups in total. The fourth-order valence-corrected chi connectivity index (χ4v) is 3.96. The minimum atomic E-state index is -4.48. The van der Waals surface area contributed by atoms with Crippen molar-refractivity contribution in [2.24, 2.45) is 0 Å². The second-order valence-corrected chi connectivity index (χ2v) is 7.62. The van der Waals surface area contributed by atoms with Crippen LogP contribution in [0.5, 0.6) is 0 Å². The number of nitrogens with one attached hydrogen (secondary N) is 3. The van der Waals surface area contributed by atoms with Gasteiger partial charge in [-0.3, -0.25) is 5.10 Å². The van der Waals surface area contributed by atoms with Gasteiger partial charge in [0.1, 0.15) is 5.82 Å². The van der Waals surface area contributed by atoms with Gasteiger partial charge in [-0.2, -0.15) is 18.3 Å². The summed E-state index contributed by atoms with van der Waals surface area (Å²) in [5, 5.41) is 14.6. The summed E-state index contributed by atoms with van der Waals surface area (Å²) >= 11 is 0. The Hall–Kier alpha value is -3.59. The fourth-order valence-electron chi connectivity index (χ4n) is 3.96. The number of piperazine rings is 1. The monoisotopic (exact) mass is 438 g/mol. The largest absolute Gasteiger partial charge is 0.417 e. The summed E-state index contributed by atoms with van der Waals surface area (Å²) < 4.78 is 41.1. The third-order valence-corrected chi connectivity index (χ3v) is 5.52. The van der Waals surface area contributed by atoms with Crippen LogP contribution < -0.4 is 15.5 Å². The zero-order valence-electron chi connectivity index (χ0n) is 17.1. The third kappa shape index (κ3) is 3.99. The molecular formula is C23H21F3N6. The molecule has 1 aliphatic rings. The lowest BCUT2D eigenvalue weighted by molar-refractivity contribution is -0.137. The van der Waals surface area contributed by atoms with Gasteiger partial charge in [-0.15, -0.1) is 0 Å². The highest BCUT2D eigenvalue weighted by molar-refractivity contribution is 5.91. The lowest BCUT2D eigenvalue weighted by Crippen LogP contribution is -2.43. The maximum Gasteiger partial charge on any atom is 0.417 e. The number of rotatable bonds is 4. The first-order valence-corrected chi connectivity index (χ1v) is 10.3. The van der Waals surface area contributed by atoms with Gasteiger partial charge in [0.15, 0.2) is 5.82 Å². The van der Waals surface area contributed by atoms with Crippen LogP contribution in [0.1, 0.15) is 5.56 Å². The van der Waals surface area contributed by atoms with Crippen molar-refractivity contribution in [1.82, 2.24) is 20.5 Å². The highest BCUT2D eigenvalue weighted by Crippen LogP contribution is 2.38. The number of fused-ring (bicyclic) bond motifs is 1. The highest BCUT2D eigenvalue weighted by Gasteiger charge is 2.34. The molecule has 0 unspecified atom stereocenters. The maximum atomic E-state index is 13.7. The molecule has 1 aliphatic heterocycles. The van der Waals surface area contributed by atoms with Crippen LogP contribution in [0.3, 0.4) is 0 Å². The lowest BCUT2D eigenvalue weighted by atomic mass is 10.0. The molecule has 1 saturated heterocycles. The van der Waals surface area contributed by atoms with Gasteiger partial charge in [0.2, 0.25) is 0 Å². The number of H-pyrrole nitrogens is 1. The van der Waals surface area contributed by atoms with Crippen molar-refractivity contribution < 1.29 is 13.2 Å². The van der Waals surface area contributed by atoms with Crippen LogP contribution in [0.25, 0.3) is 22.2 Å². The molecular weight excluding hydrogens is 417 g/mol. The normalized spacial score (nSPS) is 14.7. The van der Waals surface area contributed by atoms with Gasteiger partial charge in [0.05, 0.1) is 16.8 Å². The van der Waals surface area contributed by atoms with Crippen LogP contribution >= 0.6 is 0 Å². The average molecular weight is 438 g/mol. The Morgan fingerprint density at radius 2 is 1.69 bits per heavy atom. The van der Waals surface area contributed by atoms with E-state index in [2.05, 4.69) is 30.7 Å².